The third-order valence-corrected chi connectivity index (χ3v) is 3.86. The number of aliphatic hydroxyl groups is 1. The third-order valence-electron chi connectivity index (χ3n) is 2.98. The standard InChI is InChI=1S/C11H16N2O3S/c14-6-8-2-1-3-13(4-8)5-9-7-17-10(12-9)11(15)16/h7-8,14H,1-6H2,(H,15,16). The molecule has 0 spiro atoms. The summed E-state index contributed by atoms with van der Waals surface area (Å²) in [5.74, 6) is -0.616. The number of piperidine rings is 1. The Kier molecular flexibility index (Phi) is 4.09. The molecule has 17 heavy (non-hydrogen) atoms. The van der Waals surface area contributed by atoms with Crippen molar-refractivity contribution >= 4 is 17.3 Å². The molecule has 1 unspecified atom stereocenters. The number of nitrogens with zero attached hydrogens (tertiary/aromatic N) is 2. The van der Waals surface area contributed by atoms with Gasteiger partial charge in [0.05, 0.1) is 5.69 Å². The number of carbonyl (C=O) groups is 1. The van der Waals surface area contributed by atoms with E-state index in [4.69, 9.17) is 10.2 Å². The van der Waals surface area contributed by atoms with Gasteiger partial charge in [-0.25, -0.2) is 9.78 Å². The molecule has 0 bridgehead atoms. The molecule has 5 nitrogen and oxygen atoms in total. The predicted molar refractivity (Wildman–Crippen MR) is 64.2 cm³/mol. The second kappa shape index (κ2) is 5.57. The predicted octanol–water partition coefficient (Wildman–Crippen LogP) is 1.05. The van der Waals surface area contributed by atoms with Gasteiger partial charge in [0.1, 0.15) is 0 Å². The van der Waals surface area contributed by atoms with Gasteiger partial charge in [-0.15, -0.1) is 11.3 Å². The number of carboxylic acids is 1. The fraction of sp³-hybridized carbons (Fsp3) is 0.636. The molecule has 1 saturated heterocycles. The van der Waals surface area contributed by atoms with E-state index in [1.807, 2.05) is 0 Å². The van der Waals surface area contributed by atoms with Crippen molar-refractivity contribution < 1.29 is 15.0 Å². The van der Waals surface area contributed by atoms with Gasteiger partial charge < -0.3 is 10.2 Å². The average Bonchev–Trinajstić information content (AvgIpc) is 2.78. The van der Waals surface area contributed by atoms with Gasteiger partial charge in [-0.05, 0) is 25.3 Å². The van der Waals surface area contributed by atoms with Crippen LogP contribution in [0, 0.1) is 5.92 Å². The van der Waals surface area contributed by atoms with Crippen molar-refractivity contribution in [1.29, 1.82) is 0 Å². The molecule has 1 aromatic heterocycles. The van der Waals surface area contributed by atoms with Gasteiger partial charge in [0.25, 0.3) is 0 Å². The first-order valence-corrected chi connectivity index (χ1v) is 6.58. The minimum absolute atomic E-state index is 0.149. The van der Waals surface area contributed by atoms with E-state index in [0.717, 1.165) is 31.6 Å². The number of likely N-dealkylation sites (tertiary alicyclic amines) is 1. The fourth-order valence-electron chi connectivity index (χ4n) is 2.15. The van der Waals surface area contributed by atoms with Crippen molar-refractivity contribution in [2.45, 2.75) is 19.4 Å². The Labute approximate surface area is 104 Å². The van der Waals surface area contributed by atoms with E-state index in [-0.39, 0.29) is 11.6 Å². The molecule has 0 aliphatic carbocycles. The molecular formula is C11H16N2O3S. The molecule has 0 radical (unpaired) electrons. The van der Waals surface area contributed by atoms with Gasteiger partial charge in [-0.2, -0.15) is 0 Å². The molecule has 0 saturated carbocycles. The van der Waals surface area contributed by atoms with Gasteiger partial charge in [0.15, 0.2) is 0 Å². The van der Waals surface area contributed by atoms with Crippen LogP contribution in [-0.4, -0.2) is 45.8 Å². The maximum Gasteiger partial charge on any atom is 0.365 e. The molecular weight excluding hydrogens is 240 g/mol. The lowest BCUT2D eigenvalue weighted by Crippen LogP contribution is -2.36. The Morgan fingerprint density at radius 2 is 2.47 bits per heavy atom. The third kappa shape index (κ3) is 3.24. The number of aliphatic hydroxyl groups excluding tert-OH is 1. The molecule has 2 N–H and O–H groups in total. The topological polar surface area (TPSA) is 73.7 Å². The molecule has 6 heteroatoms. The maximum atomic E-state index is 10.7. The monoisotopic (exact) mass is 256 g/mol. The zero-order valence-corrected chi connectivity index (χ0v) is 10.3. The molecule has 2 rings (SSSR count). The van der Waals surface area contributed by atoms with Crippen molar-refractivity contribution in [2.75, 3.05) is 19.7 Å². The Morgan fingerprint density at radius 1 is 1.65 bits per heavy atom. The summed E-state index contributed by atoms with van der Waals surface area (Å²) in [5, 5.41) is 19.9. The summed E-state index contributed by atoms with van der Waals surface area (Å²) in [4.78, 5) is 17.0. The summed E-state index contributed by atoms with van der Waals surface area (Å²) >= 11 is 1.17. The first-order chi connectivity index (χ1) is 8.19. The molecule has 0 aromatic carbocycles. The molecule has 1 aromatic rings. The summed E-state index contributed by atoms with van der Waals surface area (Å²) in [6.07, 6.45) is 2.16. The first-order valence-electron chi connectivity index (χ1n) is 5.70. The van der Waals surface area contributed by atoms with Gasteiger partial charge in [0, 0.05) is 25.1 Å². The molecule has 1 aliphatic heterocycles. The van der Waals surface area contributed by atoms with Gasteiger partial charge in [0.2, 0.25) is 5.01 Å². The Bertz CT molecular complexity index is 394. The summed E-state index contributed by atoms with van der Waals surface area (Å²) < 4.78 is 0. The molecule has 1 fully saturated rings. The van der Waals surface area contributed by atoms with Crippen LogP contribution < -0.4 is 0 Å². The highest BCUT2D eigenvalue weighted by molar-refractivity contribution is 7.11. The second-order valence-electron chi connectivity index (χ2n) is 4.38. The van der Waals surface area contributed by atoms with Crippen LogP contribution in [0.2, 0.25) is 0 Å². The van der Waals surface area contributed by atoms with Crippen LogP contribution in [0.3, 0.4) is 0 Å². The fourth-order valence-corrected chi connectivity index (χ4v) is 2.80. The number of rotatable bonds is 4. The average molecular weight is 256 g/mol. The minimum atomic E-state index is -0.965. The van der Waals surface area contributed by atoms with Crippen LogP contribution in [0.15, 0.2) is 5.38 Å². The Balaban J connectivity index is 1.93. The number of carboxylic acid groups (broad SMARTS) is 1. The number of thiazole rings is 1. The van der Waals surface area contributed by atoms with Crippen molar-refractivity contribution in [3.8, 4) is 0 Å². The highest BCUT2D eigenvalue weighted by Gasteiger charge is 2.20. The van der Waals surface area contributed by atoms with Crippen molar-refractivity contribution in [2.24, 2.45) is 5.92 Å². The number of aromatic carboxylic acids is 1. The largest absolute Gasteiger partial charge is 0.476 e. The Morgan fingerprint density at radius 3 is 3.12 bits per heavy atom. The normalized spacial score (nSPS) is 21.6. The zero-order valence-electron chi connectivity index (χ0n) is 9.50. The van der Waals surface area contributed by atoms with Gasteiger partial charge in [-0.1, -0.05) is 0 Å². The quantitative estimate of drug-likeness (QED) is 0.842. The lowest BCUT2D eigenvalue weighted by molar-refractivity contribution is 0.0695. The summed E-state index contributed by atoms with van der Waals surface area (Å²) in [5.41, 5.74) is 0.811. The van der Waals surface area contributed by atoms with E-state index in [1.54, 1.807) is 5.38 Å². The maximum absolute atomic E-state index is 10.7. The minimum Gasteiger partial charge on any atom is -0.476 e. The lowest BCUT2D eigenvalue weighted by atomic mass is 9.99. The number of hydrogen-bond acceptors (Lipinski definition) is 5. The SMILES string of the molecule is O=C(O)c1nc(CN2CCCC(CO)C2)cs1. The highest BCUT2D eigenvalue weighted by Crippen LogP contribution is 2.19. The molecule has 0 amide bonds. The summed E-state index contributed by atoms with van der Waals surface area (Å²) in [6.45, 7) is 2.78. The summed E-state index contributed by atoms with van der Waals surface area (Å²) in [6, 6.07) is 0. The van der Waals surface area contributed by atoms with Crippen LogP contribution in [0.1, 0.15) is 28.3 Å². The van der Waals surface area contributed by atoms with E-state index in [9.17, 15) is 4.79 Å². The number of aromatic nitrogens is 1. The van der Waals surface area contributed by atoms with Crippen molar-refractivity contribution in [1.82, 2.24) is 9.88 Å². The van der Waals surface area contributed by atoms with Crippen LogP contribution in [0.25, 0.3) is 0 Å². The van der Waals surface area contributed by atoms with E-state index >= 15 is 0 Å². The zero-order chi connectivity index (χ0) is 12.3. The van der Waals surface area contributed by atoms with Crippen LogP contribution in [0.4, 0.5) is 0 Å². The van der Waals surface area contributed by atoms with E-state index in [0.29, 0.717) is 12.5 Å². The molecule has 2 heterocycles. The van der Waals surface area contributed by atoms with Crippen LogP contribution >= 0.6 is 11.3 Å². The number of hydrogen-bond donors (Lipinski definition) is 2. The van der Waals surface area contributed by atoms with Crippen LogP contribution in [-0.2, 0) is 6.54 Å². The van der Waals surface area contributed by atoms with E-state index in [1.165, 1.54) is 11.3 Å². The lowest BCUT2D eigenvalue weighted by Gasteiger charge is -2.31. The highest BCUT2D eigenvalue weighted by atomic mass is 32.1. The summed E-state index contributed by atoms with van der Waals surface area (Å²) in [7, 11) is 0. The van der Waals surface area contributed by atoms with E-state index < -0.39 is 5.97 Å². The van der Waals surface area contributed by atoms with Gasteiger partial charge >= 0.3 is 5.97 Å². The van der Waals surface area contributed by atoms with Gasteiger partial charge in [-0.3, -0.25) is 4.90 Å². The molecule has 1 aliphatic rings. The van der Waals surface area contributed by atoms with Crippen molar-refractivity contribution in [3.63, 3.8) is 0 Å². The first kappa shape index (κ1) is 12.5. The van der Waals surface area contributed by atoms with Crippen molar-refractivity contribution in [3.05, 3.63) is 16.1 Å². The van der Waals surface area contributed by atoms with E-state index in [2.05, 4.69) is 9.88 Å². The smallest absolute Gasteiger partial charge is 0.365 e. The molecule has 94 valence electrons. The second-order valence-corrected chi connectivity index (χ2v) is 5.23. The Hall–Kier alpha value is -0.980. The van der Waals surface area contributed by atoms with Crippen LogP contribution in [0.5, 0.6) is 0 Å². The molecule has 1 atom stereocenters.